The molecule has 1 aliphatic rings. The lowest BCUT2D eigenvalue weighted by Crippen LogP contribution is -2.41. The number of benzene rings is 1. The second kappa shape index (κ2) is 15.0. The summed E-state index contributed by atoms with van der Waals surface area (Å²) in [5.74, 6) is 0.734. The van der Waals surface area contributed by atoms with E-state index in [1.165, 1.54) is 32.1 Å². The number of unbranched alkanes of at least 4 members (excludes halogenated alkanes) is 1. The zero-order valence-corrected chi connectivity index (χ0v) is 20.7. The average molecular weight is 429 g/mol. The van der Waals surface area contributed by atoms with E-state index in [2.05, 4.69) is 37.9 Å². The van der Waals surface area contributed by atoms with Crippen molar-refractivity contribution in [3.8, 4) is 0 Å². The van der Waals surface area contributed by atoms with Gasteiger partial charge in [0.25, 0.3) is 5.91 Å². The second-order valence-corrected chi connectivity index (χ2v) is 9.26. The third-order valence-electron chi connectivity index (χ3n) is 5.56. The molecule has 4 nitrogen and oxygen atoms in total. The summed E-state index contributed by atoms with van der Waals surface area (Å²) in [4.78, 5) is 27.3. The van der Waals surface area contributed by atoms with Crippen molar-refractivity contribution in [2.45, 2.75) is 73.6 Å². The van der Waals surface area contributed by atoms with Crippen molar-refractivity contribution >= 4 is 17.3 Å². The summed E-state index contributed by atoms with van der Waals surface area (Å²) in [6.07, 6.45) is 8.19. The second-order valence-electron chi connectivity index (χ2n) is 9.26. The number of aryl methyl sites for hydroxylation is 1. The van der Waals surface area contributed by atoms with Crippen LogP contribution in [0.4, 0.5) is 0 Å². The van der Waals surface area contributed by atoms with E-state index in [0.29, 0.717) is 12.1 Å². The molecule has 0 aliphatic carbocycles. The number of rotatable bonds is 9. The molecule has 1 aromatic rings. The van der Waals surface area contributed by atoms with E-state index in [1.54, 1.807) is 13.0 Å². The molecule has 1 saturated heterocycles. The van der Waals surface area contributed by atoms with Crippen molar-refractivity contribution in [2.75, 3.05) is 26.2 Å². The highest BCUT2D eigenvalue weighted by Gasteiger charge is 2.22. The zero-order valence-electron chi connectivity index (χ0n) is 20.7. The number of amides is 1. The lowest BCUT2D eigenvalue weighted by molar-refractivity contribution is -0.134. The van der Waals surface area contributed by atoms with Gasteiger partial charge in [-0.05, 0) is 62.7 Å². The largest absolute Gasteiger partial charge is 0.348 e. The zero-order chi connectivity index (χ0) is 23.2. The molecule has 0 bridgehead atoms. The van der Waals surface area contributed by atoms with Crippen LogP contribution in [0.3, 0.4) is 0 Å². The predicted molar refractivity (Wildman–Crippen MR) is 132 cm³/mol. The molecule has 1 heterocycles. The van der Waals surface area contributed by atoms with Crippen LogP contribution in [0.15, 0.2) is 30.3 Å². The number of hydrogen-bond acceptors (Lipinski definition) is 3. The smallest absolute Gasteiger partial charge is 0.292 e. The Morgan fingerprint density at radius 3 is 2.32 bits per heavy atom. The Morgan fingerprint density at radius 1 is 1.16 bits per heavy atom. The SMILES string of the molecule is C/C=C(/C(=O)C(=O)NCCN1CCC(CCCC)CC1)c1ccccc1C.CC(C)C. The Hall–Kier alpha value is -1.94. The fourth-order valence-corrected chi connectivity index (χ4v) is 3.81. The maximum absolute atomic E-state index is 12.6. The van der Waals surface area contributed by atoms with Crippen LogP contribution in [0, 0.1) is 18.8 Å². The molecule has 31 heavy (non-hydrogen) atoms. The van der Waals surface area contributed by atoms with Gasteiger partial charge in [-0.1, -0.05) is 77.3 Å². The summed E-state index contributed by atoms with van der Waals surface area (Å²) >= 11 is 0. The first-order valence-electron chi connectivity index (χ1n) is 12.1. The van der Waals surface area contributed by atoms with Gasteiger partial charge in [0.2, 0.25) is 5.78 Å². The first-order valence-corrected chi connectivity index (χ1v) is 12.1. The molecule has 0 saturated carbocycles. The molecular weight excluding hydrogens is 384 g/mol. The first kappa shape index (κ1) is 27.1. The number of carbonyl (C=O) groups excluding carboxylic acids is 2. The number of nitrogens with zero attached hydrogens (tertiary/aromatic N) is 1. The topological polar surface area (TPSA) is 49.4 Å². The summed E-state index contributed by atoms with van der Waals surface area (Å²) < 4.78 is 0. The number of nitrogens with one attached hydrogen (secondary N) is 1. The number of carbonyl (C=O) groups is 2. The third-order valence-corrected chi connectivity index (χ3v) is 5.56. The predicted octanol–water partition coefficient (Wildman–Crippen LogP) is 5.65. The van der Waals surface area contributed by atoms with Crippen molar-refractivity contribution in [2.24, 2.45) is 11.8 Å². The van der Waals surface area contributed by atoms with Crippen LogP contribution in [0.5, 0.6) is 0 Å². The van der Waals surface area contributed by atoms with E-state index in [9.17, 15) is 9.59 Å². The number of hydrogen-bond donors (Lipinski definition) is 1. The Balaban J connectivity index is 0.00000110. The highest BCUT2D eigenvalue weighted by Crippen LogP contribution is 2.22. The maximum atomic E-state index is 12.6. The Bertz CT molecular complexity index is 698. The highest BCUT2D eigenvalue weighted by atomic mass is 16.2. The number of Topliss-reactive ketones (excluding diaryl/α,β-unsaturated/α-hetero) is 1. The van der Waals surface area contributed by atoms with Gasteiger partial charge < -0.3 is 10.2 Å². The van der Waals surface area contributed by atoms with Crippen molar-refractivity contribution < 1.29 is 9.59 Å². The third kappa shape index (κ3) is 10.3. The molecule has 1 N–H and O–H groups in total. The van der Waals surface area contributed by atoms with Crippen LogP contribution >= 0.6 is 0 Å². The monoisotopic (exact) mass is 428 g/mol. The molecule has 1 fully saturated rings. The lowest BCUT2D eigenvalue weighted by Gasteiger charge is -2.31. The van der Waals surface area contributed by atoms with E-state index >= 15 is 0 Å². The minimum atomic E-state index is -0.510. The van der Waals surface area contributed by atoms with Gasteiger partial charge in [0, 0.05) is 18.7 Å². The van der Waals surface area contributed by atoms with E-state index in [0.717, 1.165) is 42.6 Å². The average Bonchev–Trinajstić information content (AvgIpc) is 2.74. The minimum absolute atomic E-state index is 0.454. The molecular formula is C27H44N2O2. The Labute approximate surface area is 190 Å². The van der Waals surface area contributed by atoms with Gasteiger partial charge in [-0.2, -0.15) is 0 Å². The van der Waals surface area contributed by atoms with Crippen molar-refractivity contribution in [3.63, 3.8) is 0 Å². The molecule has 1 aromatic carbocycles. The van der Waals surface area contributed by atoms with E-state index in [1.807, 2.05) is 31.2 Å². The van der Waals surface area contributed by atoms with Crippen molar-refractivity contribution in [1.82, 2.24) is 10.2 Å². The molecule has 0 radical (unpaired) electrons. The number of likely N-dealkylation sites (tertiary alicyclic amines) is 1. The first-order chi connectivity index (χ1) is 14.8. The lowest BCUT2D eigenvalue weighted by atomic mass is 9.92. The maximum Gasteiger partial charge on any atom is 0.292 e. The molecule has 4 heteroatoms. The molecule has 0 unspecified atom stereocenters. The van der Waals surface area contributed by atoms with Crippen LogP contribution in [0.1, 0.15) is 77.8 Å². The number of piperidine rings is 1. The number of ketones is 1. The highest BCUT2D eigenvalue weighted by molar-refractivity contribution is 6.53. The van der Waals surface area contributed by atoms with Gasteiger partial charge in [0.05, 0.1) is 0 Å². The molecule has 1 amide bonds. The summed E-state index contributed by atoms with van der Waals surface area (Å²) in [6, 6.07) is 7.66. The van der Waals surface area contributed by atoms with E-state index in [-0.39, 0.29) is 0 Å². The van der Waals surface area contributed by atoms with Gasteiger partial charge >= 0.3 is 0 Å². The molecule has 174 valence electrons. The van der Waals surface area contributed by atoms with E-state index < -0.39 is 11.7 Å². The quantitative estimate of drug-likeness (QED) is 0.408. The summed E-state index contributed by atoms with van der Waals surface area (Å²) in [5, 5.41) is 2.81. The molecule has 0 atom stereocenters. The standard InChI is InChI=1S/C23H34N2O2.C4H10/c1-4-6-10-19-12-15-25(16-13-19)17-14-24-23(27)22(26)20(5-2)21-11-8-7-9-18(21)3;1-4(2)3/h5,7-9,11,19H,4,6,10,12-17H2,1-3H3,(H,24,27);4H,1-3H3/b20-5+;. The van der Waals surface area contributed by atoms with Crippen LogP contribution < -0.4 is 5.32 Å². The molecule has 2 rings (SSSR count). The van der Waals surface area contributed by atoms with Crippen LogP contribution in [-0.2, 0) is 9.59 Å². The van der Waals surface area contributed by atoms with Gasteiger partial charge in [-0.3, -0.25) is 9.59 Å². The van der Waals surface area contributed by atoms with Gasteiger partial charge in [-0.25, -0.2) is 0 Å². The Morgan fingerprint density at radius 2 is 1.77 bits per heavy atom. The fraction of sp³-hybridized carbons (Fsp3) is 0.630. The minimum Gasteiger partial charge on any atom is -0.348 e. The molecule has 1 aliphatic heterocycles. The Kier molecular flexibility index (Phi) is 13.1. The summed E-state index contributed by atoms with van der Waals surface area (Å²) in [6.45, 7) is 16.0. The fourth-order valence-electron chi connectivity index (χ4n) is 3.81. The summed E-state index contributed by atoms with van der Waals surface area (Å²) in [5.41, 5.74) is 2.30. The van der Waals surface area contributed by atoms with Crippen molar-refractivity contribution in [3.05, 3.63) is 41.5 Å². The van der Waals surface area contributed by atoms with Gasteiger partial charge in [-0.15, -0.1) is 0 Å². The van der Waals surface area contributed by atoms with Gasteiger partial charge in [0.15, 0.2) is 0 Å². The summed E-state index contributed by atoms with van der Waals surface area (Å²) in [7, 11) is 0. The van der Waals surface area contributed by atoms with Crippen LogP contribution in [0.25, 0.3) is 5.57 Å². The molecule has 0 aromatic heterocycles. The number of allylic oxidation sites excluding steroid dienone is 1. The van der Waals surface area contributed by atoms with Crippen molar-refractivity contribution in [1.29, 1.82) is 0 Å². The van der Waals surface area contributed by atoms with Crippen LogP contribution in [0.2, 0.25) is 0 Å². The normalized spacial score (nSPS) is 15.4. The van der Waals surface area contributed by atoms with Crippen LogP contribution in [-0.4, -0.2) is 42.8 Å². The van der Waals surface area contributed by atoms with E-state index in [4.69, 9.17) is 0 Å². The molecule has 0 spiro atoms. The van der Waals surface area contributed by atoms with Gasteiger partial charge in [0.1, 0.15) is 0 Å².